The van der Waals surface area contributed by atoms with Gasteiger partial charge >= 0.3 is 0 Å². The van der Waals surface area contributed by atoms with Crippen LogP contribution in [0, 0.1) is 6.92 Å². The Morgan fingerprint density at radius 3 is 2.48 bits per heavy atom. The number of carbonyl (C=O) groups is 3. The van der Waals surface area contributed by atoms with E-state index in [2.05, 4.69) is 4.90 Å². The topological polar surface area (TPSA) is 73.8 Å². The summed E-state index contributed by atoms with van der Waals surface area (Å²) in [4.78, 5) is 45.5. The zero-order chi connectivity index (χ0) is 19.1. The molecule has 0 bridgehead atoms. The van der Waals surface area contributed by atoms with Crippen molar-refractivity contribution in [2.75, 3.05) is 37.6 Å². The van der Waals surface area contributed by atoms with Crippen molar-refractivity contribution < 1.29 is 14.4 Å². The Labute approximate surface area is 165 Å². The van der Waals surface area contributed by atoms with Gasteiger partial charge in [-0.1, -0.05) is 22.9 Å². The van der Waals surface area contributed by atoms with Crippen LogP contribution < -0.4 is 4.90 Å². The number of benzene rings is 1. The van der Waals surface area contributed by atoms with E-state index in [0.717, 1.165) is 25.8 Å². The maximum Gasteiger partial charge on any atom is 0.242 e. The molecule has 2 aromatic rings. The molecule has 2 aliphatic rings. The van der Waals surface area contributed by atoms with Gasteiger partial charge in [-0.15, -0.1) is 0 Å². The first kappa shape index (κ1) is 18.2. The number of halogens is 1. The fourth-order valence-corrected chi connectivity index (χ4v) is 4.63. The number of nitrogens with zero attached hydrogens (tertiary/aromatic N) is 4. The summed E-state index contributed by atoms with van der Waals surface area (Å²) in [6.07, 6.45) is 0.419. The Morgan fingerprint density at radius 2 is 1.81 bits per heavy atom. The Balaban J connectivity index is 1.40. The molecule has 3 heterocycles. The molecule has 2 aliphatic heterocycles. The standard InChI is InChI=1S/C18H19ClN4O3S/c1-11-12(19)2-3-13-17(11)20-18(27-13)22-8-6-21(7-9-22)16(26)10-23-14(24)4-5-15(23)25/h2-3H,4-10H2,1H3. The molecule has 9 heteroatoms. The van der Waals surface area contributed by atoms with Crippen LogP contribution in [0.1, 0.15) is 18.4 Å². The Bertz CT molecular complexity index is 920. The van der Waals surface area contributed by atoms with Gasteiger partial charge in [0.2, 0.25) is 17.7 Å². The predicted octanol–water partition coefficient (Wildman–Crippen LogP) is 2.06. The summed E-state index contributed by atoms with van der Waals surface area (Å²) in [6.45, 7) is 4.25. The molecule has 0 atom stereocenters. The number of hydrogen-bond acceptors (Lipinski definition) is 6. The minimum absolute atomic E-state index is 0.142. The summed E-state index contributed by atoms with van der Waals surface area (Å²) < 4.78 is 1.09. The highest BCUT2D eigenvalue weighted by Crippen LogP contribution is 2.33. The van der Waals surface area contributed by atoms with Gasteiger partial charge in [0.15, 0.2) is 5.13 Å². The summed E-state index contributed by atoms with van der Waals surface area (Å²) >= 11 is 7.80. The number of aromatic nitrogens is 1. The Morgan fingerprint density at radius 1 is 1.15 bits per heavy atom. The Kier molecular flexibility index (Phi) is 4.77. The van der Waals surface area contributed by atoms with E-state index in [1.165, 1.54) is 0 Å². The number of hydrogen-bond donors (Lipinski definition) is 0. The number of anilines is 1. The van der Waals surface area contributed by atoms with Crippen LogP contribution in [-0.2, 0) is 14.4 Å². The van der Waals surface area contributed by atoms with Crippen molar-refractivity contribution in [1.82, 2.24) is 14.8 Å². The van der Waals surface area contributed by atoms with Gasteiger partial charge in [-0.2, -0.15) is 0 Å². The monoisotopic (exact) mass is 406 g/mol. The number of imide groups is 1. The van der Waals surface area contributed by atoms with Crippen LogP contribution in [0.5, 0.6) is 0 Å². The second kappa shape index (κ2) is 7.09. The number of likely N-dealkylation sites (tertiary alicyclic amines) is 1. The second-order valence-corrected chi connectivity index (χ2v) is 8.17. The van der Waals surface area contributed by atoms with Crippen LogP contribution in [0.25, 0.3) is 10.2 Å². The first-order chi connectivity index (χ1) is 12.9. The zero-order valence-electron chi connectivity index (χ0n) is 14.9. The lowest BCUT2D eigenvalue weighted by atomic mass is 10.2. The van der Waals surface area contributed by atoms with E-state index >= 15 is 0 Å². The highest BCUT2D eigenvalue weighted by atomic mass is 35.5. The largest absolute Gasteiger partial charge is 0.345 e. The third kappa shape index (κ3) is 3.39. The maximum absolute atomic E-state index is 12.4. The van der Waals surface area contributed by atoms with Gasteiger partial charge < -0.3 is 9.80 Å². The predicted molar refractivity (Wildman–Crippen MR) is 104 cm³/mol. The van der Waals surface area contributed by atoms with E-state index in [0.29, 0.717) is 31.2 Å². The molecular formula is C18H19ClN4O3S. The van der Waals surface area contributed by atoms with Crippen molar-refractivity contribution in [3.05, 3.63) is 22.7 Å². The molecule has 7 nitrogen and oxygen atoms in total. The van der Waals surface area contributed by atoms with Gasteiger partial charge in [0, 0.05) is 44.0 Å². The van der Waals surface area contributed by atoms with Crippen molar-refractivity contribution in [1.29, 1.82) is 0 Å². The zero-order valence-corrected chi connectivity index (χ0v) is 16.5. The highest BCUT2D eigenvalue weighted by molar-refractivity contribution is 7.22. The molecule has 0 aliphatic carbocycles. The average Bonchev–Trinajstić information content (AvgIpc) is 3.24. The van der Waals surface area contributed by atoms with Crippen molar-refractivity contribution >= 4 is 56.0 Å². The van der Waals surface area contributed by atoms with Crippen LogP contribution in [0.3, 0.4) is 0 Å². The van der Waals surface area contributed by atoms with Crippen molar-refractivity contribution in [3.63, 3.8) is 0 Å². The SMILES string of the molecule is Cc1c(Cl)ccc2sc(N3CCN(C(=O)CN4C(=O)CCC4=O)CC3)nc12. The molecule has 27 heavy (non-hydrogen) atoms. The second-order valence-electron chi connectivity index (χ2n) is 6.76. The van der Waals surface area contributed by atoms with Crippen LogP contribution in [0.15, 0.2) is 12.1 Å². The number of aryl methyl sites for hydroxylation is 1. The maximum atomic E-state index is 12.4. The van der Waals surface area contributed by atoms with Gasteiger partial charge in [-0.05, 0) is 24.6 Å². The number of rotatable bonds is 3. The normalized spacial score (nSPS) is 18.1. The summed E-state index contributed by atoms with van der Waals surface area (Å²) in [7, 11) is 0. The van der Waals surface area contributed by atoms with Gasteiger partial charge in [0.25, 0.3) is 0 Å². The fraction of sp³-hybridized carbons (Fsp3) is 0.444. The van der Waals surface area contributed by atoms with Gasteiger partial charge in [0.1, 0.15) is 6.54 Å². The molecular weight excluding hydrogens is 388 g/mol. The molecule has 3 amide bonds. The smallest absolute Gasteiger partial charge is 0.242 e. The summed E-state index contributed by atoms with van der Waals surface area (Å²) in [6, 6.07) is 3.87. The van der Waals surface area contributed by atoms with Crippen LogP contribution in [-0.4, -0.2) is 65.2 Å². The molecule has 0 radical (unpaired) electrons. The lowest BCUT2D eigenvalue weighted by molar-refractivity contribution is -0.145. The molecule has 2 fully saturated rings. The first-order valence-corrected chi connectivity index (χ1v) is 10.0. The van der Waals surface area contributed by atoms with Crippen LogP contribution in [0.4, 0.5) is 5.13 Å². The number of amides is 3. The first-order valence-electron chi connectivity index (χ1n) is 8.85. The Hall–Kier alpha value is -2.19. The van der Waals surface area contributed by atoms with E-state index in [1.54, 1.807) is 16.2 Å². The quantitative estimate of drug-likeness (QED) is 0.729. The molecule has 1 aromatic carbocycles. The minimum Gasteiger partial charge on any atom is -0.345 e. The van der Waals surface area contributed by atoms with Gasteiger partial charge in [0.05, 0.1) is 10.2 Å². The average molecular weight is 407 g/mol. The number of piperazine rings is 1. The molecule has 0 spiro atoms. The molecule has 0 unspecified atom stereocenters. The van der Waals surface area contributed by atoms with E-state index in [9.17, 15) is 14.4 Å². The van der Waals surface area contributed by atoms with E-state index in [-0.39, 0.29) is 37.1 Å². The fourth-order valence-electron chi connectivity index (χ4n) is 3.41. The summed E-state index contributed by atoms with van der Waals surface area (Å²) in [5.74, 6) is -0.684. The van der Waals surface area contributed by atoms with E-state index < -0.39 is 0 Å². The highest BCUT2D eigenvalue weighted by Gasteiger charge is 2.32. The summed E-state index contributed by atoms with van der Waals surface area (Å²) in [5.41, 5.74) is 1.90. The molecule has 0 saturated carbocycles. The van der Waals surface area contributed by atoms with Gasteiger partial charge in [-0.25, -0.2) is 4.98 Å². The van der Waals surface area contributed by atoms with Crippen molar-refractivity contribution in [3.8, 4) is 0 Å². The summed E-state index contributed by atoms with van der Waals surface area (Å²) in [5, 5.41) is 1.63. The molecule has 4 rings (SSSR count). The lowest BCUT2D eigenvalue weighted by Crippen LogP contribution is -2.51. The lowest BCUT2D eigenvalue weighted by Gasteiger charge is -2.35. The number of thiazole rings is 1. The molecule has 142 valence electrons. The minimum atomic E-state index is -0.254. The molecule has 0 N–H and O–H groups in total. The molecule has 1 aromatic heterocycles. The number of fused-ring (bicyclic) bond motifs is 1. The third-order valence-electron chi connectivity index (χ3n) is 5.09. The van der Waals surface area contributed by atoms with Crippen LogP contribution in [0.2, 0.25) is 5.02 Å². The van der Waals surface area contributed by atoms with Crippen molar-refractivity contribution in [2.45, 2.75) is 19.8 Å². The number of carbonyl (C=O) groups excluding carboxylic acids is 3. The third-order valence-corrected chi connectivity index (χ3v) is 6.58. The van der Waals surface area contributed by atoms with Crippen LogP contribution >= 0.6 is 22.9 Å². The van der Waals surface area contributed by atoms with E-state index in [4.69, 9.17) is 16.6 Å². The molecule has 2 saturated heterocycles. The van der Waals surface area contributed by atoms with Crippen molar-refractivity contribution in [2.24, 2.45) is 0 Å². The van der Waals surface area contributed by atoms with E-state index in [1.807, 2.05) is 19.1 Å². The van der Waals surface area contributed by atoms with Gasteiger partial charge in [-0.3, -0.25) is 19.3 Å².